The SMILES string of the molecule is C=CN=CCCC.CNC. The summed E-state index contributed by atoms with van der Waals surface area (Å²) in [6, 6.07) is 0. The van der Waals surface area contributed by atoms with Crippen molar-refractivity contribution in [3.8, 4) is 0 Å². The van der Waals surface area contributed by atoms with Crippen LogP contribution in [-0.2, 0) is 0 Å². The molecule has 0 fully saturated rings. The van der Waals surface area contributed by atoms with E-state index in [2.05, 4.69) is 23.8 Å². The smallest absolute Gasteiger partial charge is 0.0191 e. The number of unbranched alkanes of at least 4 members (excludes halogenated alkanes) is 1. The summed E-state index contributed by atoms with van der Waals surface area (Å²) in [7, 11) is 3.75. The van der Waals surface area contributed by atoms with Crippen LogP contribution in [0.25, 0.3) is 0 Å². The minimum atomic E-state index is 1.06. The highest BCUT2D eigenvalue weighted by atomic mass is 14.7. The molecule has 2 heteroatoms. The van der Waals surface area contributed by atoms with Gasteiger partial charge in [0.25, 0.3) is 0 Å². The molecular weight excluding hydrogens is 124 g/mol. The van der Waals surface area contributed by atoms with Gasteiger partial charge in [-0.25, -0.2) is 0 Å². The zero-order valence-electron chi connectivity index (χ0n) is 7.22. The van der Waals surface area contributed by atoms with Crippen LogP contribution in [0.4, 0.5) is 0 Å². The van der Waals surface area contributed by atoms with Crippen molar-refractivity contribution in [2.45, 2.75) is 19.8 Å². The van der Waals surface area contributed by atoms with Crippen LogP contribution in [0.15, 0.2) is 17.8 Å². The molecule has 2 nitrogen and oxygen atoms in total. The fraction of sp³-hybridized carbons (Fsp3) is 0.625. The summed E-state index contributed by atoms with van der Waals surface area (Å²) in [5, 5.41) is 2.75. The Hall–Kier alpha value is -0.630. The predicted octanol–water partition coefficient (Wildman–Crippen LogP) is 1.84. The molecule has 0 aliphatic heterocycles. The van der Waals surface area contributed by atoms with Crippen LogP contribution < -0.4 is 5.32 Å². The van der Waals surface area contributed by atoms with Gasteiger partial charge in [-0.15, -0.1) is 0 Å². The van der Waals surface area contributed by atoms with Crippen LogP contribution in [0.2, 0.25) is 0 Å². The summed E-state index contributed by atoms with van der Waals surface area (Å²) in [6.07, 6.45) is 5.64. The number of hydrogen-bond donors (Lipinski definition) is 1. The van der Waals surface area contributed by atoms with E-state index in [1.165, 1.54) is 0 Å². The quantitative estimate of drug-likeness (QED) is 0.597. The maximum atomic E-state index is 3.80. The first-order valence-electron chi connectivity index (χ1n) is 3.54. The Bertz CT molecular complexity index is 77.3. The first-order chi connectivity index (χ1) is 4.83. The van der Waals surface area contributed by atoms with Gasteiger partial charge in [0.1, 0.15) is 0 Å². The molecule has 0 spiro atoms. The van der Waals surface area contributed by atoms with Crippen LogP contribution in [0.5, 0.6) is 0 Å². The highest BCUT2D eigenvalue weighted by Gasteiger charge is 1.67. The summed E-state index contributed by atoms with van der Waals surface area (Å²) >= 11 is 0. The van der Waals surface area contributed by atoms with Gasteiger partial charge < -0.3 is 5.32 Å². The van der Waals surface area contributed by atoms with E-state index in [1.807, 2.05) is 20.3 Å². The topological polar surface area (TPSA) is 24.4 Å². The maximum Gasteiger partial charge on any atom is 0.0191 e. The third kappa shape index (κ3) is 26.3. The first-order valence-corrected chi connectivity index (χ1v) is 3.54. The summed E-state index contributed by atoms with van der Waals surface area (Å²) in [5.41, 5.74) is 0. The van der Waals surface area contributed by atoms with E-state index in [-0.39, 0.29) is 0 Å². The molecule has 0 radical (unpaired) electrons. The molecule has 1 N–H and O–H groups in total. The molecule has 0 saturated heterocycles. The standard InChI is InChI=1S/C6H11N.C2H7N/c1-3-5-6-7-4-2;1-3-2/h4,6H,2-3,5H2,1H3;3H,1-2H3. The molecular formula is C8H18N2. The summed E-state index contributed by atoms with van der Waals surface area (Å²) in [6.45, 7) is 5.55. The normalized spacial score (nSPS) is 8.70. The van der Waals surface area contributed by atoms with Gasteiger partial charge in [0.15, 0.2) is 0 Å². The Morgan fingerprint density at radius 1 is 1.50 bits per heavy atom. The Labute approximate surface area is 64.1 Å². The van der Waals surface area contributed by atoms with Crippen molar-refractivity contribution < 1.29 is 0 Å². The zero-order chi connectivity index (χ0) is 8.24. The number of aliphatic imine (C=N–C) groups is 1. The van der Waals surface area contributed by atoms with Crippen molar-refractivity contribution in [1.82, 2.24) is 5.32 Å². The lowest BCUT2D eigenvalue weighted by Crippen LogP contribution is -1.89. The lowest BCUT2D eigenvalue weighted by molar-refractivity contribution is 1.01. The average molecular weight is 142 g/mol. The van der Waals surface area contributed by atoms with Crippen LogP contribution in [0, 0.1) is 0 Å². The van der Waals surface area contributed by atoms with E-state index < -0.39 is 0 Å². The molecule has 0 saturated carbocycles. The molecule has 0 unspecified atom stereocenters. The van der Waals surface area contributed by atoms with Gasteiger partial charge >= 0.3 is 0 Å². The molecule has 0 aromatic heterocycles. The summed E-state index contributed by atoms with van der Waals surface area (Å²) < 4.78 is 0. The molecule has 0 aliphatic carbocycles. The minimum Gasteiger partial charge on any atom is -0.323 e. The average Bonchev–Trinajstić information content (AvgIpc) is 1.91. The second kappa shape index (κ2) is 15.8. The monoisotopic (exact) mass is 142 g/mol. The molecule has 0 amide bonds. The predicted molar refractivity (Wildman–Crippen MR) is 48.6 cm³/mol. The van der Waals surface area contributed by atoms with E-state index in [0.29, 0.717) is 0 Å². The number of nitrogens with one attached hydrogen (secondary N) is 1. The molecule has 0 bridgehead atoms. The molecule has 0 atom stereocenters. The molecule has 0 rings (SSSR count). The Morgan fingerprint density at radius 2 is 2.00 bits per heavy atom. The zero-order valence-corrected chi connectivity index (χ0v) is 7.22. The minimum absolute atomic E-state index is 1.06. The van der Waals surface area contributed by atoms with Gasteiger partial charge in [-0.3, -0.25) is 4.99 Å². The van der Waals surface area contributed by atoms with Crippen LogP contribution in [-0.4, -0.2) is 20.3 Å². The Kier molecular flexibility index (Phi) is 19.1. The molecule has 0 heterocycles. The van der Waals surface area contributed by atoms with E-state index in [4.69, 9.17) is 0 Å². The second-order valence-electron chi connectivity index (χ2n) is 1.80. The van der Waals surface area contributed by atoms with E-state index >= 15 is 0 Å². The van der Waals surface area contributed by atoms with Crippen molar-refractivity contribution >= 4 is 6.21 Å². The van der Waals surface area contributed by atoms with Gasteiger partial charge in [0.2, 0.25) is 0 Å². The van der Waals surface area contributed by atoms with Crippen molar-refractivity contribution in [2.24, 2.45) is 4.99 Å². The number of rotatable bonds is 3. The Morgan fingerprint density at radius 3 is 2.30 bits per heavy atom. The van der Waals surface area contributed by atoms with Crippen LogP contribution >= 0.6 is 0 Å². The molecule has 0 aliphatic rings. The lowest BCUT2D eigenvalue weighted by atomic mass is 10.4. The molecule has 10 heavy (non-hydrogen) atoms. The summed E-state index contributed by atoms with van der Waals surface area (Å²) in [5.74, 6) is 0. The third-order valence-electron chi connectivity index (χ3n) is 0.629. The first kappa shape index (κ1) is 12.1. The highest BCUT2D eigenvalue weighted by Crippen LogP contribution is 1.79. The van der Waals surface area contributed by atoms with E-state index in [0.717, 1.165) is 12.8 Å². The van der Waals surface area contributed by atoms with Crippen molar-refractivity contribution in [1.29, 1.82) is 0 Å². The van der Waals surface area contributed by atoms with Crippen LogP contribution in [0.1, 0.15) is 19.8 Å². The highest BCUT2D eigenvalue weighted by molar-refractivity contribution is 5.57. The lowest BCUT2D eigenvalue weighted by Gasteiger charge is -1.76. The van der Waals surface area contributed by atoms with Gasteiger partial charge in [0, 0.05) is 12.4 Å². The Balaban J connectivity index is 0. The van der Waals surface area contributed by atoms with Crippen LogP contribution in [0.3, 0.4) is 0 Å². The number of nitrogens with zero attached hydrogens (tertiary/aromatic N) is 1. The van der Waals surface area contributed by atoms with Gasteiger partial charge in [0.05, 0.1) is 0 Å². The van der Waals surface area contributed by atoms with Gasteiger partial charge in [-0.05, 0) is 20.5 Å². The fourth-order valence-electron chi connectivity index (χ4n) is 0.278. The van der Waals surface area contributed by atoms with Gasteiger partial charge in [-0.2, -0.15) is 0 Å². The third-order valence-corrected chi connectivity index (χ3v) is 0.629. The summed E-state index contributed by atoms with van der Waals surface area (Å²) in [4.78, 5) is 3.80. The van der Waals surface area contributed by atoms with Gasteiger partial charge in [-0.1, -0.05) is 19.9 Å². The largest absolute Gasteiger partial charge is 0.323 e. The fourth-order valence-corrected chi connectivity index (χ4v) is 0.278. The molecule has 0 aromatic rings. The van der Waals surface area contributed by atoms with Crippen molar-refractivity contribution in [3.05, 3.63) is 12.8 Å². The van der Waals surface area contributed by atoms with E-state index in [1.54, 1.807) is 6.20 Å². The van der Waals surface area contributed by atoms with E-state index in [9.17, 15) is 0 Å². The second-order valence-corrected chi connectivity index (χ2v) is 1.80. The maximum absolute atomic E-state index is 3.80. The molecule has 0 aromatic carbocycles. The van der Waals surface area contributed by atoms with Crippen molar-refractivity contribution in [2.75, 3.05) is 14.1 Å². The molecule has 60 valence electrons. The number of hydrogen-bond acceptors (Lipinski definition) is 2. The van der Waals surface area contributed by atoms with Crippen molar-refractivity contribution in [3.63, 3.8) is 0 Å².